The highest BCUT2D eigenvalue weighted by atomic mass is 16.5. The normalized spacial score (nSPS) is 23.0. The molecule has 16 heavy (non-hydrogen) atoms. The molecule has 94 valence electrons. The fourth-order valence-corrected chi connectivity index (χ4v) is 2.11. The third-order valence-corrected chi connectivity index (χ3v) is 3.91. The first kappa shape index (κ1) is 13.7. The van der Waals surface area contributed by atoms with E-state index in [0.717, 1.165) is 19.3 Å². The summed E-state index contributed by atoms with van der Waals surface area (Å²) in [5, 5.41) is 0. The number of ether oxygens (including phenoxy) is 1. The second kappa shape index (κ2) is 5.81. The highest BCUT2D eigenvalue weighted by molar-refractivity contribution is 5.81. The van der Waals surface area contributed by atoms with E-state index in [-0.39, 0.29) is 11.7 Å². The molecular weight excluding hydrogens is 200 g/mol. The Bertz CT molecular complexity index is 223. The fourth-order valence-electron chi connectivity index (χ4n) is 2.11. The van der Waals surface area contributed by atoms with E-state index in [2.05, 4.69) is 13.8 Å². The summed E-state index contributed by atoms with van der Waals surface area (Å²) in [7, 11) is 0. The molecule has 0 aliphatic heterocycles. The topological polar surface area (TPSA) is 26.3 Å². The molecular formula is C14H26O2. The minimum absolute atomic E-state index is 0.153. The van der Waals surface area contributed by atoms with E-state index in [1.807, 2.05) is 13.8 Å². The predicted octanol–water partition coefficient (Wildman–Crippen LogP) is 3.59. The lowest BCUT2D eigenvalue weighted by Crippen LogP contribution is -2.29. The van der Waals surface area contributed by atoms with E-state index >= 15 is 0 Å². The van der Waals surface area contributed by atoms with Gasteiger partial charge >= 0.3 is 0 Å². The average molecular weight is 226 g/mol. The lowest BCUT2D eigenvalue weighted by Gasteiger charge is -2.34. The summed E-state index contributed by atoms with van der Waals surface area (Å²) in [6.45, 7) is 8.97. The van der Waals surface area contributed by atoms with Gasteiger partial charge in [0.1, 0.15) is 6.61 Å². The molecule has 1 atom stereocenters. The molecule has 0 aromatic rings. The molecule has 1 rings (SSSR count). The lowest BCUT2D eigenvalue weighted by atomic mass is 9.76. The minimum Gasteiger partial charge on any atom is -0.370 e. The van der Waals surface area contributed by atoms with Gasteiger partial charge in [0.05, 0.1) is 6.10 Å². The van der Waals surface area contributed by atoms with Gasteiger partial charge in [0.15, 0.2) is 5.78 Å². The van der Waals surface area contributed by atoms with Crippen molar-refractivity contribution >= 4 is 5.78 Å². The Labute approximate surface area is 99.8 Å². The van der Waals surface area contributed by atoms with Crippen LogP contribution in [0.1, 0.15) is 59.8 Å². The van der Waals surface area contributed by atoms with Gasteiger partial charge in [-0.3, -0.25) is 4.79 Å². The summed E-state index contributed by atoms with van der Waals surface area (Å²) >= 11 is 0. The van der Waals surface area contributed by atoms with Crippen LogP contribution in [0, 0.1) is 11.3 Å². The summed E-state index contributed by atoms with van der Waals surface area (Å²) in [5.41, 5.74) is 0.473. The number of ketones is 1. The molecule has 1 aliphatic carbocycles. The van der Waals surface area contributed by atoms with Crippen molar-refractivity contribution in [1.29, 1.82) is 0 Å². The molecule has 0 spiro atoms. The van der Waals surface area contributed by atoms with Crippen LogP contribution < -0.4 is 0 Å². The molecule has 1 unspecified atom stereocenters. The second-order valence-electron chi connectivity index (χ2n) is 5.95. The van der Waals surface area contributed by atoms with Gasteiger partial charge < -0.3 is 4.74 Å². The van der Waals surface area contributed by atoms with E-state index < -0.39 is 0 Å². The van der Waals surface area contributed by atoms with Crippen LogP contribution in [-0.4, -0.2) is 18.5 Å². The van der Waals surface area contributed by atoms with Crippen LogP contribution in [0.4, 0.5) is 0 Å². The maximum Gasteiger partial charge on any atom is 0.161 e. The van der Waals surface area contributed by atoms with Gasteiger partial charge in [-0.25, -0.2) is 0 Å². The average Bonchev–Trinajstić information content (AvgIpc) is 2.26. The van der Waals surface area contributed by atoms with Crippen LogP contribution in [0.5, 0.6) is 0 Å². The zero-order chi connectivity index (χ0) is 12.2. The van der Waals surface area contributed by atoms with E-state index in [0.29, 0.717) is 18.1 Å². The molecule has 0 radical (unpaired) electrons. The number of hydrogen-bond acceptors (Lipinski definition) is 2. The lowest BCUT2D eigenvalue weighted by molar-refractivity contribution is -0.130. The number of hydrogen-bond donors (Lipinski definition) is 0. The van der Waals surface area contributed by atoms with Crippen molar-refractivity contribution in [2.24, 2.45) is 11.3 Å². The standard InChI is InChI=1S/C14H26O2/c1-5-11(2)13(15)10-16-12-6-8-14(3,4)9-7-12/h11-12H,5-10H2,1-4H3. The van der Waals surface area contributed by atoms with Gasteiger partial charge in [-0.2, -0.15) is 0 Å². The summed E-state index contributed by atoms with van der Waals surface area (Å²) in [6, 6.07) is 0. The molecule has 2 heteroatoms. The van der Waals surface area contributed by atoms with E-state index in [9.17, 15) is 4.79 Å². The highest BCUT2D eigenvalue weighted by Crippen LogP contribution is 2.36. The fraction of sp³-hybridized carbons (Fsp3) is 0.929. The van der Waals surface area contributed by atoms with Crippen molar-refractivity contribution in [3.63, 3.8) is 0 Å². The van der Waals surface area contributed by atoms with Gasteiger partial charge in [0.2, 0.25) is 0 Å². The SMILES string of the molecule is CCC(C)C(=O)COC1CCC(C)(C)CC1. The van der Waals surface area contributed by atoms with E-state index in [1.54, 1.807) is 0 Å². The number of Topliss-reactive ketones (excluding diaryl/α,β-unsaturated/α-hetero) is 1. The van der Waals surface area contributed by atoms with Crippen LogP contribution in [0.15, 0.2) is 0 Å². The molecule has 0 heterocycles. The van der Waals surface area contributed by atoms with Gasteiger partial charge in [-0.15, -0.1) is 0 Å². The molecule has 0 aromatic heterocycles. The third kappa shape index (κ3) is 4.25. The van der Waals surface area contributed by atoms with Crippen molar-refractivity contribution in [3.05, 3.63) is 0 Å². The Hall–Kier alpha value is -0.370. The van der Waals surface area contributed by atoms with Gasteiger partial charge in [0.25, 0.3) is 0 Å². The van der Waals surface area contributed by atoms with Crippen molar-refractivity contribution in [3.8, 4) is 0 Å². The molecule has 0 amide bonds. The van der Waals surface area contributed by atoms with Crippen LogP contribution >= 0.6 is 0 Å². The molecule has 0 bridgehead atoms. The maximum atomic E-state index is 11.6. The monoisotopic (exact) mass is 226 g/mol. The number of rotatable bonds is 5. The minimum atomic E-state index is 0.153. The Morgan fingerprint density at radius 1 is 1.38 bits per heavy atom. The zero-order valence-electron chi connectivity index (χ0n) is 11.2. The first-order valence-electron chi connectivity index (χ1n) is 6.59. The van der Waals surface area contributed by atoms with Gasteiger partial charge in [-0.05, 0) is 37.5 Å². The van der Waals surface area contributed by atoms with Crippen LogP contribution in [-0.2, 0) is 9.53 Å². The third-order valence-electron chi connectivity index (χ3n) is 3.91. The molecule has 2 nitrogen and oxygen atoms in total. The van der Waals surface area contributed by atoms with Gasteiger partial charge in [0, 0.05) is 5.92 Å². The van der Waals surface area contributed by atoms with Crippen molar-refractivity contribution < 1.29 is 9.53 Å². The van der Waals surface area contributed by atoms with Crippen LogP contribution in [0.2, 0.25) is 0 Å². The van der Waals surface area contributed by atoms with Crippen molar-refractivity contribution in [1.82, 2.24) is 0 Å². The molecule has 1 aliphatic rings. The zero-order valence-corrected chi connectivity index (χ0v) is 11.2. The Morgan fingerprint density at radius 2 is 1.94 bits per heavy atom. The van der Waals surface area contributed by atoms with E-state index in [1.165, 1.54) is 12.8 Å². The largest absolute Gasteiger partial charge is 0.370 e. The first-order valence-corrected chi connectivity index (χ1v) is 6.59. The second-order valence-corrected chi connectivity index (χ2v) is 5.95. The summed E-state index contributed by atoms with van der Waals surface area (Å²) in [6.07, 6.45) is 5.90. The first-order chi connectivity index (χ1) is 7.44. The quantitative estimate of drug-likeness (QED) is 0.716. The summed E-state index contributed by atoms with van der Waals surface area (Å²) < 4.78 is 5.71. The molecule has 0 N–H and O–H groups in total. The molecule has 0 aromatic carbocycles. The van der Waals surface area contributed by atoms with Crippen LogP contribution in [0.25, 0.3) is 0 Å². The van der Waals surface area contributed by atoms with Crippen LogP contribution in [0.3, 0.4) is 0 Å². The molecule has 0 saturated heterocycles. The Balaban J connectivity index is 2.22. The Kier molecular flexibility index (Phi) is 4.97. The number of carbonyl (C=O) groups excluding carboxylic acids is 1. The maximum absolute atomic E-state index is 11.6. The number of carbonyl (C=O) groups is 1. The van der Waals surface area contributed by atoms with Crippen molar-refractivity contribution in [2.75, 3.05) is 6.61 Å². The van der Waals surface area contributed by atoms with E-state index in [4.69, 9.17) is 4.74 Å². The molecule has 1 fully saturated rings. The summed E-state index contributed by atoms with van der Waals surface area (Å²) in [5.74, 6) is 0.410. The predicted molar refractivity (Wildman–Crippen MR) is 66.5 cm³/mol. The van der Waals surface area contributed by atoms with Crippen molar-refractivity contribution in [2.45, 2.75) is 65.9 Å². The Morgan fingerprint density at radius 3 is 2.44 bits per heavy atom. The molecule has 1 saturated carbocycles. The summed E-state index contributed by atoms with van der Waals surface area (Å²) in [4.78, 5) is 11.6. The highest BCUT2D eigenvalue weighted by Gasteiger charge is 2.27. The smallest absolute Gasteiger partial charge is 0.161 e. The van der Waals surface area contributed by atoms with Gasteiger partial charge in [-0.1, -0.05) is 27.7 Å².